The van der Waals surface area contributed by atoms with Crippen LogP contribution in [0.3, 0.4) is 0 Å². The van der Waals surface area contributed by atoms with Gasteiger partial charge in [-0.15, -0.1) is 0 Å². The van der Waals surface area contributed by atoms with Crippen LogP contribution in [0, 0.1) is 5.92 Å². The summed E-state index contributed by atoms with van der Waals surface area (Å²) in [6.45, 7) is 5.55. The Labute approximate surface area is 118 Å². The Bertz CT molecular complexity index is 315. The van der Waals surface area contributed by atoms with Crippen molar-refractivity contribution >= 4 is 23.7 Å². The zero-order valence-electron chi connectivity index (χ0n) is 11.6. The molecule has 1 saturated carbocycles. The van der Waals surface area contributed by atoms with E-state index in [0.29, 0.717) is 25.7 Å². The summed E-state index contributed by atoms with van der Waals surface area (Å²) in [6, 6.07) is -0.216. The average molecular weight is 293 g/mol. The van der Waals surface area contributed by atoms with Gasteiger partial charge in [0.2, 0.25) is 0 Å². The fourth-order valence-corrected chi connectivity index (χ4v) is 2.11. The molecule has 1 rings (SSSR count). The van der Waals surface area contributed by atoms with Gasteiger partial charge in [-0.05, 0) is 46.5 Å². The molecule has 0 heterocycles. The largest absolute Gasteiger partial charge is 0.509 e. The number of carbonyl (C=O) groups is 2. The summed E-state index contributed by atoms with van der Waals surface area (Å²) in [5.74, 6) is -0.280. The molecule has 6 heteroatoms. The Kier molecular flexibility index (Phi) is 5.91. The third-order valence-corrected chi connectivity index (χ3v) is 2.96. The van der Waals surface area contributed by atoms with Gasteiger partial charge in [0.1, 0.15) is 11.7 Å². The van der Waals surface area contributed by atoms with Gasteiger partial charge in [-0.1, -0.05) is 11.6 Å². The Balaban J connectivity index is 2.32. The third-order valence-electron chi connectivity index (χ3n) is 2.85. The van der Waals surface area contributed by atoms with Gasteiger partial charge in [0.05, 0.1) is 5.92 Å². The Morgan fingerprint density at radius 1 is 1.16 bits per heavy atom. The maximum absolute atomic E-state index is 11.9. The second-order valence-electron chi connectivity index (χ2n) is 5.63. The molecule has 110 valence electrons. The van der Waals surface area contributed by atoms with Crippen molar-refractivity contribution < 1.29 is 23.8 Å². The maximum atomic E-state index is 11.9. The van der Waals surface area contributed by atoms with Gasteiger partial charge in [-0.3, -0.25) is 4.79 Å². The summed E-state index contributed by atoms with van der Waals surface area (Å²) >= 11 is 5.26. The predicted molar refractivity (Wildman–Crippen MR) is 69.9 cm³/mol. The van der Waals surface area contributed by atoms with Crippen LogP contribution >= 0.6 is 11.6 Å². The average Bonchev–Trinajstić information content (AvgIpc) is 2.27. The van der Waals surface area contributed by atoms with E-state index in [1.807, 2.05) is 20.8 Å². The van der Waals surface area contributed by atoms with Crippen LogP contribution in [0.5, 0.6) is 0 Å². The van der Waals surface area contributed by atoms with Crippen LogP contribution in [0.25, 0.3) is 0 Å². The summed E-state index contributed by atoms with van der Waals surface area (Å²) in [4.78, 5) is 23.0. The molecule has 0 atom stereocenters. The van der Waals surface area contributed by atoms with Crippen molar-refractivity contribution in [1.29, 1.82) is 0 Å². The van der Waals surface area contributed by atoms with Gasteiger partial charge in [-0.25, -0.2) is 4.79 Å². The summed E-state index contributed by atoms with van der Waals surface area (Å²) in [7, 11) is 0. The van der Waals surface area contributed by atoms with Crippen molar-refractivity contribution in [1.82, 2.24) is 0 Å². The molecule has 1 aliphatic rings. The van der Waals surface area contributed by atoms with Crippen LogP contribution in [0.4, 0.5) is 4.79 Å². The number of alkyl halides is 1. The molecule has 0 spiro atoms. The minimum Gasteiger partial charge on any atom is -0.460 e. The molecule has 19 heavy (non-hydrogen) atoms. The van der Waals surface area contributed by atoms with Crippen molar-refractivity contribution in [2.45, 2.75) is 58.2 Å². The van der Waals surface area contributed by atoms with Crippen LogP contribution in [0.2, 0.25) is 0 Å². The van der Waals surface area contributed by atoms with Gasteiger partial charge in [0.25, 0.3) is 0 Å². The highest BCUT2D eigenvalue weighted by Gasteiger charge is 2.31. The Morgan fingerprint density at radius 2 is 1.74 bits per heavy atom. The second kappa shape index (κ2) is 6.98. The van der Waals surface area contributed by atoms with Crippen molar-refractivity contribution in [3.8, 4) is 0 Å². The van der Waals surface area contributed by atoms with Gasteiger partial charge < -0.3 is 14.2 Å². The number of ether oxygens (including phenoxy) is 3. The zero-order chi connectivity index (χ0) is 14.5. The summed E-state index contributed by atoms with van der Waals surface area (Å²) in [6.07, 6.45) is 1.65. The van der Waals surface area contributed by atoms with E-state index >= 15 is 0 Å². The van der Waals surface area contributed by atoms with E-state index in [4.69, 9.17) is 21.1 Å². The summed E-state index contributed by atoms with van der Waals surface area (Å²) in [5, 5.41) is 0. The molecule has 0 bridgehead atoms. The molecular formula is C13H21ClO5. The smallest absolute Gasteiger partial charge is 0.460 e. The zero-order valence-corrected chi connectivity index (χ0v) is 12.4. The molecule has 0 aliphatic heterocycles. The second-order valence-corrected chi connectivity index (χ2v) is 5.85. The first-order valence-electron chi connectivity index (χ1n) is 6.44. The standard InChI is InChI=1S/C13H21ClO5/c1-13(2,3)19-11(15)9-4-6-10(7-5-9)18-12(16)17-8-14/h9-10H,4-8H2,1-3H3/t9-,10+. The van der Waals surface area contributed by atoms with Gasteiger partial charge in [0.15, 0.2) is 6.07 Å². The van der Waals surface area contributed by atoms with E-state index in [1.165, 1.54) is 0 Å². The number of hydrogen-bond donors (Lipinski definition) is 0. The van der Waals surface area contributed by atoms with E-state index in [9.17, 15) is 9.59 Å². The van der Waals surface area contributed by atoms with Crippen molar-refractivity contribution in [2.75, 3.05) is 6.07 Å². The van der Waals surface area contributed by atoms with Crippen LogP contribution in [0.15, 0.2) is 0 Å². The SMILES string of the molecule is CC(C)(C)OC(=O)[C@H]1CC[C@@H](OC(=O)OCCl)CC1. The number of esters is 1. The van der Waals surface area contributed by atoms with E-state index in [1.54, 1.807) is 0 Å². The van der Waals surface area contributed by atoms with Crippen LogP contribution < -0.4 is 0 Å². The number of rotatable bonds is 3. The number of hydrogen-bond acceptors (Lipinski definition) is 5. The highest BCUT2D eigenvalue weighted by atomic mass is 35.5. The Hall–Kier alpha value is -0.970. The van der Waals surface area contributed by atoms with Gasteiger partial charge in [-0.2, -0.15) is 0 Å². The summed E-state index contributed by atoms with van der Waals surface area (Å²) in [5.41, 5.74) is -0.464. The molecule has 0 amide bonds. The first-order chi connectivity index (χ1) is 8.81. The van der Waals surface area contributed by atoms with E-state index in [2.05, 4.69) is 4.74 Å². The van der Waals surface area contributed by atoms with Crippen molar-refractivity contribution in [3.05, 3.63) is 0 Å². The lowest BCUT2D eigenvalue weighted by molar-refractivity contribution is -0.161. The molecule has 0 aromatic heterocycles. The van der Waals surface area contributed by atoms with Crippen molar-refractivity contribution in [2.24, 2.45) is 5.92 Å². The van der Waals surface area contributed by atoms with Crippen LogP contribution in [-0.4, -0.2) is 29.9 Å². The maximum Gasteiger partial charge on any atom is 0.509 e. The van der Waals surface area contributed by atoms with Crippen molar-refractivity contribution in [3.63, 3.8) is 0 Å². The lowest BCUT2D eigenvalue weighted by Crippen LogP contribution is -2.33. The molecule has 1 aliphatic carbocycles. The fourth-order valence-electron chi connectivity index (χ4n) is 2.02. The number of halogens is 1. The molecule has 0 unspecified atom stereocenters. The fraction of sp³-hybridized carbons (Fsp3) is 0.846. The van der Waals surface area contributed by atoms with Crippen LogP contribution in [-0.2, 0) is 19.0 Å². The third kappa shape index (κ3) is 6.14. The van der Waals surface area contributed by atoms with Gasteiger partial charge >= 0.3 is 12.1 Å². The summed E-state index contributed by atoms with van der Waals surface area (Å²) < 4.78 is 14.9. The lowest BCUT2D eigenvalue weighted by atomic mass is 9.87. The first-order valence-corrected chi connectivity index (χ1v) is 6.97. The molecular weight excluding hydrogens is 272 g/mol. The molecule has 0 N–H and O–H groups in total. The molecule has 0 aromatic rings. The molecule has 0 saturated heterocycles. The normalized spacial score (nSPS) is 23.6. The van der Waals surface area contributed by atoms with Gasteiger partial charge in [0, 0.05) is 0 Å². The molecule has 0 radical (unpaired) electrons. The van der Waals surface area contributed by atoms with Crippen LogP contribution in [0.1, 0.15) is 46.5 Å². The van der Waals surface area contributed by atoms with E-state index in [0.717, 1.165) is 0 Å². The molecule has 5 nitrogen and oxygen atoms in total. The molecule has 1 fully saturated rings. The lowest BCUT2D eigenvalue weighted by Gasteiger charge is -2.29. The van der Waals surface area contributed by atoms with E-state index < -0.39 is 11.8 Å². The highest BCUT2D eigenvalue weighted by molar-refractivity contribution is 6.17. The highest BCUT2D eigenvalue weighted by Crippen LogP contribution is 2.28. The number of carbonyl (C=O) groups excluding carboxylic acids is 2. The predicted octanol–water partition coefficient (Wildman–Crippen LogP) is 3.24. The topological polar surface area (TPSA) is 61.8 Å². The Morgan fingerprint density at radius 3 is 2.21 bits per heavy atom. The minimum atomic E-state index is -0.754. The molecule has 0 aromatic carbocycles. The van der Waals surface area contributed by atoms with E-state index in [-0.39, 0.29) is 24.1 Å². The minimum absolute atomic E-state index is 0.108. The first kappa shape index (κ1) is 16.1. The monoisotopic (exact) mass is 292 g/mol. The quantitative estimate of drug-likeness (QED) is 0.590.